The summed E-state index contributed by atoms with van der Waals surface area (Å²) in [4.78, 5) is 4.10. The number of hydrogen-bond acceptors (Lipinski definition) is 5. The molecule has 1 aromatic heterocycles. The van der Waals surface area contributed by atoms with Crippen LogP contribution in [0.25, 0.3) is 11.4 Å². The van der Waals surface area contributed by atoms with Gasteiger partial charge in [-0.3, -0.25) is 0 Å². The molecule has 2 aromatic rings. The second kappa shape index (κ2) is 5.07. The summed E-state index contributed by atoms with van der Waals surface area (Å²) in [5, 5.41) is 13.3. The molecule has 0 aliphatic heterocycles. The lowest BCUT2D eigenvalue weighted by molar-refractivity contribution is 0.141. The third-order valence-electron chi connectivity index (χ3n) is 2.57. The summed E-state index contributed by atoms with van der Waals surface area (Å²) in [6, 6.07) is 7.90. The van der Waals surface area contributed by atoms with Gasteiger partial charge in [0.15, 0.2) is 0 Å². The van der Waals surface area contributed by atoms with Crippen LogP contribution < -0.4 is 5.73 Å². The molecular formula is C12H15N3O2. The van der Waals surface area contributed by atoms with Crippen molar-refractivity contribution in [3.63, 3.8) is 0 Å². The zero-order valence-corrected chi connectivity index (χ0v) is 9.63. The second-order valence-electron chi connectivity index (χ2n) is 3.76. The fourth-order valence-corrected chi connectivity index (χ4v) is 1.48. The van der Waals surface area contributed by atoms with E-state index in [1.54, 1.807) is 0 Å². The predicted molar refractivity (Wildman–Crippen MR) is 63.1 cm³/mol. The molecule has 0 aliphatic rings. The third kappa shape index (κ3) is 2.51. The molecule has 0 saturated carbocycles. The fourth-order valence-electron chi connectivity index (χ4n) is 1.48. The highest BCUT2D eigenvalue weighted by Crippen LogP contribution is 2.18. The molecule has 5 nitrogen and oxygen atoms in total. The summed E-state index contributed by atoms with van der Waals surface area (Å²) >= 11 is 0. The van der Waals surface area contributed by atoms with E-state index in [1.807, 2.05) is 24.3 Å². The zero-order valence-electron chi connectivity index (χ0n) is 9.63. The first kappa shape index (κ1) is 11.8. The van der Waals surface area contributed by atoms with Crippen molar-refractivity contribution >= 4 is 0 Å². The Labute approximate surface area is 99.3 Å². The lowest BCUT2D eigenvalue weighted by Crippen LogP contribution is -2.11. The molecule has 0 bridgehead atoms. The Morgan fingerprint density at radius 2 is 2.06 bits per heavy atom. The van der Waals surface area contributed by atoms with Crippen molar-refractivity contribution in [2.24, 2.45) is 5.73 Å². The van der Waals surface area contributed by atoms with Crippen molar-refractivity contribution in [1.82, 2.24) is 10.1 Å². The van der Waals surface area contributed by atoms with Crippen molar-refractivity contribution < 1.29 is 9.63 Å². The smallest absolute Gasteiger partial charge is 0.257 e. The fraction of sp³-hybridized carbons (Fsp3) is 0.333. The van der Waals surface area contributed by atoms with Gasteiger partial charge >= 0.3 is 0 Å². The maximum absolute atomic E-state index is 9.45. The first-order valence-electron chi connectivity index (χ1n) is 5.55. The minimum absolute atomic E-state index is 0.0659. The van der Waals surface area contributed by atoms with E-state index < -0.39 is 6.10 Å². The standard InChI is InChI=1S/C12H15N3O2/c1-2-8-3-5-9(6-4-8)11-14-12(17-15-11)10(16)7-13/h3-6,10,16H,2,7,13H2,1H3. The number of hydrogen-bond donors (Lipinski definition) is 2. The van der Waals surface area contributed by atoms with Gasteiger partial charge in [0.2, 0.25) is 5.82 Å². The van der Waals surface area contributed by atoms with E-state index in [0.29, 0.717) is 5.82 Å². The Morgan fingerprint density at radius 3 is 2.65 bits per heavy atom. The van der Waals surface area contributed by atoms with Gasteiger partial charge in [0, 0.05) is 12.1 Å². The van der Waals surface area contributed by atoms with Crippen LogP contribution in [0.15, 0.2) is 28.8 Å². The maximum atomic E-state index is 9.45. The number of aliphatic hydroxyl groups excluding tert-OH is 1. The first-order valence-corrected chi connectivity index (χ1v) is 5.55. The van der Waals surface area contributed by atoms with Crippen molar-refractivity contribution in [1.29, 1.82) is 0 Å². The molecule has 1 aromatic carbocycles. The van der Waals surface area contributed by atoms with Gasteiger partial charge in [0.25, 0.3) is 5.89 Å². The monoisotopic (exact) mass is 233 g/mol. The van der Waals surface area contributed by atoms with Crippen molar-refractivity contribution in [3.8, 4) is 11.4 Å². The Hall–Kier alpha value is -1.72. The highest BCUT2D eigenvalue weighted by atomic mass is 16.5. The summed E-state index contributed by atoms with van der Waals surface area (Å²) < 4.78 is 4.94. The van der Waals surface area contributed by atoms with Gasteiger partial charge in [0.1, 0.15) is 6.10 Å². The minimum Gasteiger partial charge on any atom is -0.382 e. The van der Waals surface area contributed by atoms with Gasteiger partial charge in [0.05, 0.1) is 0 Å². The Kier molecular flexibility index (Phi) is 3.51. The molecule has 5 heteroatoms. The summed E-state index contributed by atoms with van der Waals surface area (Å²) in [6.07, 6.45) is 0.0927. The predicted octanol–water partition coefficient (Wildman–Crippen LogP) is 1.29. The molecule has 1 unspecified atom stereocenters. The zero-order chi connectivity index (χ0) is 12.3. The molecule has 0 aliphatic carbocycles. The van der Waals surface area contributed by atoms with Gasteiger partial charge in [-0.25, -0.2) is 0 Å². The summed E-state index contributed by atoms with van der Waals surface area (Å²) in [5.74, 6) is 0.622. The maximum Gasteiger partial charge on any atom is 0.257 e. The minimum atomic E-state index is -0.897. The van der Waals surface area contributed by atoms with Gasteiger partial charge < -0.3 is 15.4 Å². The van der Waals surface area contributed by atoms with Crippen molar-refractivity contribution in [2.45, 2.75) is 19.4 Å². The topological polar surface area (TPSA) is 85.2 Å². The molecule has 90 valence electrons. The van der Waals surface area contributed by atoms with Crippen LogP contribution in [-0.4, -0.2) is 21.8 Å². The molecule has 0 saturated heterocycles. The molecule has 1 heterocycles. The van der Waals surface area contributed by atoms with E-state index >= 15 is 0 Å². The van der Waals surface area contributed by atoms with Crippen molar-refractivity contribution in [2.75, 3.05) is 6.54 Å². The molecule has 0 amide bonds. The average Bonchev–Trinajstić information content (AvgIpc) is 2.87. The molecule has 1 atom stereocenters. The quantitative estimate of drug-likeness (QED) is 0.831. The third-order valence-corrected chi connectivity index (χ3v) is 2.57. The molecule has 3 N–H and O–H groups in total. The van der Waals surface area contributed by atoms with E-state index in [9.17, 15) is 5.11 Å². The van der Waals surface area contributed by atoms with Crippen LogP contribution in [0.5, 0.6) is 0 Å². The summed E-state index contributed by atoms with van der Waals surface area (Å²) in [7, 11) is 0. The molecule has 17 heavy (non-hydrogen) atoms. The SMILES string of the molecule is CCc1ccc(-c2noc(C(O)CN)n2)cc1. The number of nitrogens with two attached hydrogens (primary N) is 1. The lowest BCUT2D eigenvalue weighted by Gasteiger charge is -1.99. The molecule has 0 radical (unpaired) electrons. The Balaban J connectivity index is 2.24. The van der Waals surface area contributed by atoms with Gasteiger partial charge in [-0.1, -0.05) is 36.3 Å². The van der Waals surface area contributed by atoms with Gasteiger partial charge in [-0.15, -0.1) is 0 Å². The number of aryl methyl sites for hydroxylation is 1. The number of benzene rings is 1. The Morgan fingerprint density at radius 1 is 1.35 bits per heavy atom. The number of aliphatic hydroxyl groups is 1. The summed E-state index contributed by atoms with van der Waals surface area (Å²) in [5.41, 5.74) is 7.42. The van der Waals surface area contributed by atoms with E-state index in [2.05, 4.69) is 17.1 Å². The van der Waals surface area contributed by atoms with E-state index in [-0.39, 0.29) is 12.4 Å². The molecule has 0 spiro atoms. The molecular weight excluding hydrogens is 218 g/mol. The van der Waals surface area contributed by atoms with Crippen LogP contribution in [0, 0.1) is 0 Å². The Bertz CT molecular complexity index is 479. The number of rotatable bonds is 4. The number of aromatic nitrogens is 2. The first-order chi connectivity index (χ1) is 8.24. The van der Waals surface area contributed by atoms with Crippen LogP contribution in [0.3, 0.4) is 0 Å². The van der Waals surface area contributed by atoms with Crippen LogP contribution >= 0.6 is 0 Å². The van der Waals surface area contributed by atoms with Gasteiger partial charge in [-0.2, -0.15) is 4.98 Å². The van der Waals surface area contributed by atoms with Gasteiger partial charge in [-0.05, 0) is 12.0 Å². The summed E-state index contributed by atoms with van der Waals surface area (Å²) in [6.45, 7) is 2.16. The highest BCUT2D eigenvalue weighted by Gasteiger charge is 2.15. The molecule has 0 fully saturated rings. The van der Waals surface area contributed by atoms with Crippen LogP contribution in [0.1, 0.15) is 24.5 Å². The normalized spacial score (nSPS) is 12.6. The largest absolute Gasteiger partial charge is 0.382 e. The van der Waals surface area contributed by atoms with Crippen molar-refractivity contribution in [3.05, 3.63) is 35.7 Å². The van der Waals surface area contributed by atoms with Crippen LogP contribution in [0.2, 0.25) is 0 Å². The van der Waals surface area contributed by atoms with Crippen LogP contribution in [0.4, 0.5) is 0 Å². The van der Waals surface area contributed by atoms with E-state index in [4.69, 9.17) is 10.3 Å². The highest BCUT2D eigenvalue weighted by molar-refractivity contribution is 5.54. The van der Waals surface area contributed by atoms with Crippen LogP contribution in [-0.2, 0) is 6.42 Å². The average molecular weight is 233 g/mol. The van der Waals surface area contributed by atoms with E-state index in [1.165, 1.54) is 5.56 Å². The number of nitrogens with zero attached hydrogens (tertiary/aromatic N) is 2. The second-order valence-corrected chi connectivity index (χ2v) is 3.76. The van der Waals surface area contributed by atoms with E-state index in [0.717, 1.165) is 12.0 Å². The molecule has 2 rings (SSSR count). The lowest BCUT2D eigenvalue weighted by atomic mass is 10.1.